The van der Waals surface area contributed by atoms with E-state index >= 15 is 0 Å². The summed E-state index contributed by atoms with van der Waals surface area (Å²) >= 11 is 5.34. The first-order valence-electron chi connectivity index (χ1n) is 10.1. The molecule has 0 radical (unpaired) electrons. The van der Waals surface area contributed by atoms with E-state index in [1.807, 2.05) is 0 Å². The number of fused-ring (bicyclic) bond motifs is 2. The summed E-state index contributed by atoms with van der Waals surface area (Å²) in [7, 11) is 0. The van der Waals surface area contributed by atoms with Crippen LogP contribution < -0.4 is 20.3 Å². The fourth-order valence-electron chi connectivity index (χ4n) is 3.83. The van der Waals surface area contributed by atoms with Crippen LogP contribution in [0.3, 0.4) is 0 Å². The van der Waals surface area contributed by atoms with Crippen molar-refractivity contribution in [2.75, 3.05) is 13.3 Å². The molecule has 7 nitrogen and oxygen atoms in total. The molecule has 0 saturated carbocycles. The van der Waals surface area contributed by atoms with Gasteiger partial charge in [0.2, 0.25) is 12.7 Å². The fraction of sp³-hybridized carbons (Fsp3) is 0.476. The Morgan fingerprint density at radius 3 is 2.86 bits per heavy atom. The number of carbonyl (C=O) groups excluding carboxylic acids is 1. The van der Waals surface area contributed by atoms with Gasteiger partial charge >= 0.3 is 0 Å². The molecule has 2 heterocycles. The van der Waals surface area contributed by atoms with Crippen LogP contribution in [0.2, 0.25) is 0 Å². The third-order valence-corrected chi connectivity index (χ3v) is 5.74. The number of nitrogens with one attached hydrogen (secondary N) is 2. The first-order chi connectivity index (χ1) is 14.1. The predicted molar refractivity (Wildman–Crippen MR) is 113 cm³/mol. The maximum absolute atomic E-state index is 12.8. The van der Waals surface area contributed by atoms with Crippen molar-refractivity contribution in [1.29, 1.82) is 0 Å². The molecule has 0 fully saturated rings. The summed E-state index contributed by atoms with van der Waals surface area (Å²) in [6.45, 7) is 1.21. The Morgan fingerprint density at radius 2 is 2.07 bits per heavy atom. The van der Waals surface area contributed by atoms with Crippen LogP contribution in [0.5, 0.6) is 11.5 Å². The number of nitrogens with zero attached hydrogens (tertiary/aromatic N) is 1. The van der Waals surface area contributed by atoms with Gasteiger partial charge in [-0.25, -0.2) is 0 Å². The molecule has 154 valence electrons. The van der Waals surface area contributed by atoms with Crippen LogP contribution in [0.4, 0.5) is 0 Å². The number of amides is 1. The topological polar surface area (TPSA) is 85.4 Å². The molecule has 1 aromatic carbocycles. The summed E-state index contributed by atoms with van der Waals surface area (Å²) in [5, 5.41) is 3.47. The van der Waals surface area contributed by atoms with E-state index in [1.165, 1.54) is 23.0 Å². The zero-order valence-corrected chi connectivity index (χ0v) is 17.1. The number of H-pyrrole nitrogens is 1. The standard InChI is InChI=1S/C21H25N3O4S/c25-19(22-9-8-14-5-2-1-3-6-14)7-4-10-24-20(26)15-11-17-18(28-13-27-17)12-16(15)23-21(24)29/h5,11-12H,1-4,6-10,13H2,(H,22,25)(H,23,29). The molecule has 1 amide bonds. The zero-order chi connectivity index (χ0) is 20.2. The maximum Gasteiger partial charge on any atom is 0.262 e. The highest BCUT2D eigenvalue weighted by molar-refractivity contribution is 7.71. The molecule has 4 rings (SSSR count). The third kappa shape index (κ3) is 4.53. The second-order valence-electron chi connectivity index (χ2n) is 7.45. The lowest BCUT2D eigenvalue weighted by atomic mass is 9.97. The quantitative estimate of drug-likeness (QED) is 0.533. The number of aromatic amines is 1. The predicted octanol–water partition coefficient (Wildman–Crippen LogP) is 3.57. The van der Waals surface area contributed by atoms with Gasteiger partial charge in [0.25, 0.3) is 5.56 Å². The summed E-state index contributed by atoms with van der Waals surface area (Å²) in [5.41, 5.74) is 1.88. The van der Waals surface area contributed by atoms with Crippen molar-refractivity contribution in [2.45, 2.75) is 51.5 Å². The van der Waals surface area contributed by atoms with Crippen LogP contribution in [0, 0.1) is 4.77 Å². The Balaban J connectivity index is 1.34. The van der Waals surface area contributed by atoms with Crippen LogP contribution in [-0.4, -0.2) is 28.8 Å². The van der Waals surface area contributed by atoms with Gasteiger partial charge in [-0.1, -0.05) is 11.6 Å². The highest BCUT2D eigenvalue weighted by atomic mass is 32.1. The van der Waals surface area contributed by atoms with Gasteiger partial charge in [-0.2, -0.15) is 0 Å². The normalized spacial score (nSPS) is 15.4. The fourth-order valence-corrected chi connectivity index (χ4v) is 4.11. The molecule has 0 atom stereocenters. The lowest BCUT2D eigenvalue weighted by Crippen LogP contribution is -2.26. The van der Waals surface area contributed by atoms with Crippen LogP contribution in [-0.2, 0) is 11.3 Å². The minimum absolute atomic E-state index is 0.00788. The molecule has 1 aromatic heterocycles. The summed E-state index contributed by atoms with van der Waals surface area (Å²) in [5.74, 6) is 1.16. The van der Waals surface area contributed by atoms with Gasteiger partial charge in [0, 0.05) is 25.6 Å². The number of benzene rings is 1. The van der Waals surface area contributed by atoms with Gasteiger partial charge in [-0.15, -0.1) is 0 Å². The number of aromatic nitrogens is 2. The summed E-state index contributed by atoms with van der Waals surface area (Å²) in [4.78, 5) is 28.0. The number of ether oxygens (including phenoxy) is 2. The summed E-state index contributed by atoms with van der Waals surface area (Å²) < 4.78 is 12.5. The largest absolute Gasteiger partial charge is 0.454 e. The minimum Gasteiger partial charge on any atom is -0.454 e. The van der Waals surface area contributed by atoms with E-state index in [-0.39, 0.29) is 18.3 Å². The molecule has 8 heteroatoms. The second kappa shape index (κ2) is 8.82. The van der Waals surface area contributed by atoms with Crippen molar-refractivity contribution in [3.8, 4) is 11.5 Å². The molecule has 2 N–H and O–H groups in total. The SMILES string of the molecule is O=C(CCCn1c(=S)[nH]c2cc3c(cc2c1=O)OCO3)NCCC1=CCCCC1. The maximum atomic E-state index is 12.8. The van der Waals surface area contributed by atoms with E-state index in [9.17, 15) is 9.59 Å². The average Bonchev–Trinajstić information content (AvgIpc) is 3.17. The number of carbonyl (C=O) groups is 1. The molecular formula is C21H25N3O4S. The number of hydrogen-bond acceptors (Lipinski definition) is 5. The van der Waals surface area contributed by atoms with Crippen LogP contribution in [0.15, 0.2) is 28.6 Å². The summed E-state index contributed by atoms with van der Waals surface area (Å²) in [6.07, 6.45) is 8.97. The Morgan fingerprint density at radius 1 is 1.24 bits per heavy atom. The molecule has 29 heavy (non-hydrogen) atoms. The van der Waals surface area contributed by atoms with Crippen molar-refractivity contribution in [3.63, 3.8) is 0 Å². The van der Waals surface area contributed by atoms with E-state index < -0.39 is 0 Å². The number of hydrogen-bond donors (Lipinski definition) is 2. The van der Waals surface area contributed by atoms with Gasteiger partial charge in [-0.3, -0.25) is 14.2 Å². The lowest BCUT2D eigenvalue weighted by Gasteiger charge is -2.13. The van der Waals surface area contributed by atoms with Crippen molar-refractivity contribution < 1.29 is 14.3 Å². The number of allylic oxidation sites excluding steroid dienone is 1. The minimum atomic E-state index is -0.188. The van der Waals surface area contributed by atoms with Crippen LogP contribution in [0.1, 0.15) is 44.9 Å². The van der Waals surface area contributed by atoms with E-state index in [2.05, 4.69) is 16.4 Å². The van der Waals surface area contributed by atoms with Gasteiger partial charge in [0.15, 0.2) is 16.3 Å². The molecule has 0 bridgehead atoms. The Kier molecular flexibility index (Phi) is 5.99. The molecule has 0 spiro atoms. The van der Waals surface area contributed by atoms with E-state index in [1.54, 1.807) is 12.1 Å². The molecule has 0 unspecified atom stereocenters. The van der Waals surface area contributed by atoms with Gasteiger partial charge < -0.3 is 19.8 Å². The molecular weight excluding hydrogens is 390 g/mol. The monoisotopic (exact) mass is 415 g/mol. The Labute approximate surface area is 173 Å². The molecule has 2 aliphatic rings. The number of rotatable bonds is 7. The van der Waals surface area contributed by atoms with E-state index in [0.717, 1.165) is 19.3 Å². The zero-order valence-electron chi connectivity index (χ0n) is 16.3. The first kappa shape index (κ1) is 19.7. The van der Waals surface area contributed by atoms with Crippen molar-refractivity contribution >= 4 is 29.0 Å². The Bertz CT molecular complexity index is 1070. The second-order valence-corrected chi connectivity index (χ2v) is 7.84. The third-order valence-electron chi connectivity index (χ3n) is 5.41. The smallest absolute Gasteiger partial charge is 0.262 e. The van der Waals surface area contributed by atoms with Gasteiger partial charge in [0.1, 0.15) is 0 Å². The molecule has 1 aliphatic carbocycles. The highest BCUT2D eigenvalue weighted by Crippen LogP contribution is 2.34. The van der Waals surface area contributed by atoms with E-state index in [4.69, 9.17) is 21.7 Å². The lowest BCUT2D eigenvalue weighted by molar-refractivity contribution is -0.121. The van der Waals surface area contributed by atoms with Crippen molar-refractivity contribution in [3.05, 3.63) is 38.9 Å². The first-order valence-corrected chi connectivity index (χ1v) is 10.5. The van der Waals surface area contributed by atoms with Crippen LogP contribution in [0.25, 0.3) is 10.9 Å². The Hall–Kier alpha value is -2.61. The van der Waals surface area contributed by atoms with Gasteiger partial charge in [0.05, 0.1) is 10.9 Å². The van der Waals surface area contributed by atoms with Crippen molar-refractivity contribution in [1.82, 2.24) is 14.9 Å². The van der Waals surface area contributed by atoms with Crippen LogP contribution >= 0.6 is 12.2 Å². The van der Waals surface area contributed by atoms with E-state index in [0.29, 0.717) is 53.1 Å². The highest BCUT2D eigenvalue weighted by Gasteiger charge is 2.17. The summed E-state index contributed by atoms with van der Waals surface area (Å²) in [6, 6.07) is 3.41. The average molecular weight is 416 g/mol. The van der Waals surface area contributed by atoms with Gasteiger partial charge in [-0.05, 0) is 56.8 Å². The molecule has 1 aliphatic heterocycles. The molecule has 2 aromatic rings. The van der Waals surface area contributed by atoms with Crippen molar-refractivity contribution in [2.24, 2.45) is 0 Å². The molecule has 0 saturated heterocycles.